The summed E-state index contributed by atoms with van der Waals surface area (Å²) in [6.07, 6.45) is 0. The first kappa shape index (κ1) is 17.1. The minimum absolute atomic E-state index is 0.0642. The number of nitrogens with one attached hydrogen (secondary N) is 1. The Kier molecular flexibility index (Phi) is 5.39. The maximum Gasteiger partial charge on any atom is 0.337 e. The van der Waals surface area contributed by atoms with Gasteiger partial charge in [-0.1, -0.05) is 6.92 Å². The van der Waals surface area contributed by atoms with Gasteiger partial charge in [-0.3, -0.25) is 4.79 Å². The molecule has 1 aromatic rings. The van der Waals surface area contributed by atoms with Gasteiger partial charge in [0.25, 0.3) is 0 Å². The lowest BCUT2D eigenvalue weighted by Gasteiger charge is -2.20. The van der Waals surface area contributed by atoms with Crippen LogP contribution in [0.5, 0.6) is 0 Å². The minimum atomic E-state index is -4.30. The molecule has 9 heteroatoms. The van der Waals surface area contributed by atoms with Crippen molar-refractivity contribution in [2.75, 3.05) is 20.1 Å². The molecule has 0 saturated heterocycles. The van der Waals surface area contributed by atoms with Crippen LogP contribution >= 0.6 is 0 Å². The molecule has 2 N–H and O–H groups in total. The van der Waals surface area contributed by atoms with E-state index in [4.69, 9.17) is 5.11 Å². The normalized spacial score (nSPS) is 11.4. The van der Waals surface area contributed by atoms with Crippen LogP contribution in [0.3, 0.4) is 0 Å². The molecule has 1 aromatic carbocycles. The van der Waals surface area contributed by atoms with Crippen molar-refractivity contribution in [3.8, 4) is 0 Å². The number of likely N-dealkylation sites (N-methyl/N-ethyl adjacent to an activating group) is 2. The van der Waals surface area contributed by atoms with Crippen LogP contribution in [0.1, 0.15) is 17.3 Å². The number of carboxylic acid groups (broad SMARTS) is 1. The fourth-order valence-corrected chi connectivity index (χ4v) is 3.23. The van der Waals surface area contributed by atoms with E-state index in [0.717, 1.165) is 16.4 Å². The van der Waals surface area contributed by atoms with Crippen molar-refractivity contribution in [1.29, 1.82) is 0 Å². The molecule has 1 rings (SSSR count). The van der Waals surface area contributed by atoms with Crippen LogP contribution in [0.15, 0.2) is 23.1 Å². The van der Waals surface area contributed by atoms with Crippen LogP contribution in [0, 0.1) is 5.82 Å². The lowest BCUT2D eigenvalue weighted by atomic mass is 10.2. The Bertz CT molecular complexity index is 660. The summed E-state index contributed by atoms with van der Waals surface area (Å²) in [6.45, 7) is 0.941. The second-order valence-corrected chi connectivity index (χ2v) is 5.96. The Morgan fingerprint density at radius 2 is 2.00 bits per heavy atom. The average molecular weight is 318 g/mol. The Labute approximate surface area is 121 Å². The lowest BCUT2D eigenvalue weighted by Crippen LogP contribution is -2.40. The highest BCUT2D eigenvalue weighted by Crippen LogP contribution is 2.21. The zero-order chi connectivity index (χ0) is 16.2. The van der Waals surface area contributed by atoms with E-state index >= 15 is 0 Å². The first-order valence-electron chi connectivity index (χ1n) is 5.97. The van der Waals surface area contributed by atoms with Crippen LogP contribution in [-0.2, 0) is 14.8 Å². The van der Waals surface area contributed by atoms with Gasteiger partial charge in [0.2, 0.25) is 15.9 Å². The summed E-state index contributed by atoms with van der Waals surface area (Å²) in [5, 5.41) is 11.3. The number of carbonyl (C=O) groups excluding carboxylic acids is 1. The molecule has 0 aliphatic carbocycles. The summed E-state index contributed by atoms with van der Waals surface area (Å²) in [7, 11) is -2.96. The summed E-state index contributed by atoms with van der Waals surface area (Å²) < 4.78 is 38.9. The van der Waals surface area contributed by atoms with Gasteiger partial charge in [-0.2, -0.15) is 4.31 Å². The number of hydrogen-bond donors (Lipinski definition) is 2. The molecule has 7 nitrogen and oxygen atoms in total. The number of halogens is 1. The number of amides is 1. The summed E-state index contributed by atoms with van der Waals surface area (Å²) in [6, 6.07) is 2.36. The van der Waals surface area contributed by atoms with E-state index in [0.29, 0.717) is 6.07 Å². The first-order valence-corrected chi connectivity index (χ1v) is 7.41. The van der Waals surface area contributed by atoms with Crippen LogP contribution in [0.4, 0.5) is 4.39 Å². The highest BCUT2D eigenvalue weighted by Gasteiger charge is 2.29. The Hall–Kier alpha value is -2.00. The Balaban J connectivity index is 3.38. The van der Waals surface area contributed by atoms with Crippen molar-refractivity contribution >= 4 is 21.9 Å². The second-order valence-electron chi connectivity index (χ2n) is 4.05. The highest BCUT2D eigenvalue weighted by molar-refractivity contribution is 7.89. The maximum absolute atomic E-state index is 13.3. The number of aromatic carboxylic acids is 1. The van der Waals surface area contributed by atoms with Gasteiger partial charge in [-0.25, -0.2) is 17.6 Å². The molecule has 0 aliphatic heterocycles. The standard InChI is InChI=1S/C12H15FN2O5S/c1-3-15(7-11(16)14-2)21(19,20)10-6-8(13)4-5-9(10)12(17)18/h4-6H,3,7H2,1-2H3,(H,14,16)(H,17,18). The molecule has 0 spiro atoms. The molecule has 0 saturated carbocycles. The number of sulfonamides is 1. The van der Waals surface area contributed by atoms with Gasteiger partial charge in [-0.05, 0) is 18.2 Å². The first-order chi connectivity index (χ1) is 9.73. The van der Waals surface area contributed by atoms with E-state index < -0.39 is 44.7 Å². The number of nitrogens with zero attached hydrogens (tertiary/aromatic N) is 1. The molecule has 21 heavy (non-hydrogen) atoms. The molecule has 0 radical (unpaired) electrons. The van der Waals surface area contributed by atoms with Gasteiger partial charge in [0.05, 0.1) is 17.0 Å². The van der Waals surface area contributed by atoms with Crippen molar-refractivity contribution in [3.63, 3.8) is 0 Å². The monoisotopic (exact) mass is 318 g/mol. The smallest absolute Gasteiger partial charge is 0.337 e. The van der Waals surface area contributed by atoms with Crippen LogP contribution < -0.4 is 5.32 Å². The molecule has 0 fully saturated rings. The zero-order valence-electron chi connectivity index (χ0n) is 11.5. The van der Waals surface area contributed by atoms with E-state index in [1.54, 1.807) is 0 Å². The summed E-state index contributed by atoms with van der Waals surface area (Å²) in [4.78, 5) is 21.7. The molecule has 0 unspecified atom stereocenters. The summed E-state index contributed by atoms with van der Waals surface area (Å²) in [5.74, 6) is -2.94. The quantitative estimate of drug-likeness (QED) is 0.784. The fraction of sp³-hybridized carbons (Fsp3) is 0.333. The average Bonchev–Trinajstić information content (AvgIpc) is 2.43. The Morgan fingerprint density at radius 3 is 2.48 bits per heavy atom. The molecule has 1 amide bonds. The highest BCUT2D eigenvalue weighted by atomic mass is 32.2. The number of carboxylic acids is 1. The molecular weight excluding hydrogens is 303 g/mol. The number of benzene rings is 1. The van der Waals surface area contributed by atoms with Crippen LogP contribution in [0.25, 0.3) is 0 Å². The van der Waals surface area contributed by atoms with E-state index in [9.17, 15) is 22.4 Å². The van der Waals surface area contributed by atoms with Gasteiger partial charge < -0.3 is 10.4 Å². The zero-order valence-corrected chi connectivity index (χ0v) is 12.3. The van der Waals surface area contributed by atoms with E-state index in [1.807, 2.05) is 0 Å². The predicted octanol–water partition coefficient (Wildman–Crippen LogP) is 0.281. The van der Waals surface area contributed by atoms with Crippen molar-refractivity contribution in [3.05, 3.63) is 29.6 Å². The van der Waals surface area contributed by atoms with Gasteiger partial charge >= 0.3 is 5.97 Å². The summed E-state index contributed by atoms with van der Waals surface area (Å²) in [5.41, 5.74) is -0.549. The molecule has 0 atom stereocenters. The minimum Gasteiger partial charge on any atom is -0.478 e. The SMILES string of the molecule is CCN(CC(=O)NC)S(=O)(=O)c1cc(F)ccc1C(=O)O. The van der Waals surface area contributed by atoms with E-state index in [2.05, 4.69) is 5.32 Å². The van der Waals surface area contributed by atoms with Crippen molar-refractivity contribution < 1.29 is 27.5 Å². The van der Waals surface area contributed by atoms with Crippen LogP contribution in [0.2, 0.25) is 0 Å². The van der Waals surface area contributed by atoms with Crippen molar-refractivity contribution in [1.82, 2.24) is 9.62 Å². The molecular formula is C12H15FN2O5S. The maximum atomic E-state index is 13.3. The molecule has 0 bridgehead atoms. The van der Waals surface area contributed by atoms with Crippen LogP contribution in [-0.4, -0.2) is 49.8 Å². The van der Waals surface area contributed by atoms with Crippen molar-refractivity contribution in [2.24, 2.45) is 0 Å². The molecule has 0 heterocycles. The van der Waals surface area contributed by atoms with Gasteiger partial charge in [0.15, 0.2) is 0 Å². The topological polar surface area (TPSA) is 104 Å². The second kappa shape index (κ2) is 6.64. The van der Waals surface area contributed by atoms with Crippen molar-refractivity contribution in [2.45, 2.75) is 11.8 Å². The largest absolute Gasteiger partial charge is 0.478 e. The molecule has 0 aliphatic rings. The van der Waals surface area contributed by atoms with Gasteiger partial charge in [0, 0.05) is 13.6 Å². The predicted molar refractivity (Wildman–Crippen MR) is 71.9 cm³/mol. The number of carbonyl (C=O) groups is 2. The number of hydrogen-bond acceptors (Lipinski definition) is 4. The third-order valence-corrected chi connectivity index (χ3v) is 4.70. The van der Waals surface area contributed by atoms with E-state index in [-0.39, 0.29) is 6.54 Å². The Morgan fingerprint density at radius 1 is 1.38 bits per heavy atom. The lowest BCUT2D eigenvalue weighted by molar-refractivity contribution is -0.120. The van der Waals surface area contributed by atoms with Gasteiger partial charge in [0.1, 0.15) is 5.82 Å². The molecule has 116 valence electrons. The summed E-state index contributed by atoms with van der Waals surface area (Å²) >= 11 is 0. The van der Waals surface area contributed by atoms with Gasteiger partial charge in [-0.15, -0.1) is 0 Å². The fourth-order valence-electron chi connectivity index (χ4n) is 1.63. The number of rotatable bonds is 6. The third-order valence-electron chi connectivity index (χ3n) is 2.74. The third kappa shape index (κ3) is 3.76. The van der Waals surface area contributed by atoms with E-state index in [1.165, 1.54) is 14.0 Å². The molecule has 0 aromatic heterocycles.